The molecule has 0 radical (unpaired) electrons. The Morgan fingerprint density at radius 3 is 2.59 bits per heavy atom. The first-order valence-electron chi connectivity index (χ1n) is 9.65. The normalized spacial score (nSPS) is 21.7. The number of fused-ring (bicyclic) bond motifs is 1. The van der Waals surface area contributed by atoms with Crippen molar-refractivity contribution in [2.75, 3.05) is 6.79 Å². The fourth-order valence-corrected chi connectivity index (χ4v) is 5.33. The lowest BCUT2D eigenvalue weighted by Crippen LogP contribution is -2.37. The Morgan fingerprint density at radius 1 is 1.10 bits per heavy atom. The van der Waals surface area contributed by atoms with Gasteiger partial charge in [0.1, 0.15) is 0 Å². The van der Waals surface area contributed by atoms with Gasteiger partial charge in [-0.05, 0) is 60.5 Å². The predicted molar refractivity (Wildman–Crippen MR) is 118 cm³/mol. The number of nitrogens with zero attached hydrogens (tertiary/aromatic N) is 2. The van der Waals surface area contributed by atoms with Gasteiger partial charge in [0.25, 0.3) is 5.91 Å². The molecule has 148 valence electrons. The quantitative estimate of drug-likeness (QED) is 0.537. The first-order chi connectivity index (χ1) is 14.2. The lowest BCUT2D eigenvalue weighted by atomic mass is 10.1. The summed E-state index contributed by atoms with van der Waals surface area (Å²) in [4.78, 5) is 20.7. The molecule has 1 aliphatic carbocycles. The number of benzene rings is 2. The summed E-state index contributed by atoms with van der Waals surface area (Å²) < 4.78 is 11.8. The summed E-state index contributed by atoms with van der Waals surface area (Å²) in [6.07, 6.45) is 6.28. The van der Waals surface area contributed by atoms with Gasteiger partial charge in [0.05, 0.1) is 10.6 Å². The van der Waals surface area contributed by atoms with Gasteiger partial charge >= 0.3 is 0 Å². The van der Waals surface area contributed by atoms with E-state index in [1.54, 1.807) is 0 Å². The number of amides is 1. The number of hydrogen-bond donors (Lipinski definition) is 0. The highest BCUT2D eigenvalue weighted by Gasteiger charge is 2.39. The number of halogens is 1. The molecule has 2 aromatic rings. The SMILES string of the molecule is O=C1/C(=C/c2cc3c(cc2Br)OCO3)SC(=Nc2ccccc2)N1C1CCCC1. The summed E-state index contributed by atoms with van der Waals surface area (Å²) in [7, 11) is 0. The fraction of sp³-hybridized carbons (Fsp3) is 0.273. The molecule has 1 amide bonds. The third kappa shape index (κ3) is 3.69. The molecule has 3 aliphatic rings. The molecule has 0 aromatic heterocycles. The van der Waals surface area contributed by atoms with Crippen LogP contribution in [0.5, 0.6) is 11.5 Å². The van der Waals surface area contributed by atoms with Crippen LogP contribution in [0, 0.1) is 0 Å². The predicted octanol–water partition coefficient (Wildman–Crippen LogP) is 5.72. The lowest BCUT2D eigenvalue weighted by molar-refractivity contribution is -0.123. The standard InChI is InChI=1S/C22H19BrN2O3S/c23-17-12-19-18(27-13-28-19)10-14(17)11-20-21(26)25(16-8-4-5-9-16)22(29-20)24-15-6-2-1-3-7-15/h1-3,6-7,10-12,16H,4-5,8-9,13H2/b20-11-,24-22?. The summed E-state index contributed by atoms with van der Waals surface area (Å²) in [5.74, 6) is 1.44. The van der Waals surface area contributed by atoms with Crippen molar-refractivity contribution in [1.82, 2.24) is 4.90 Å². The van der Waals surface area contributed by atoms with Crippen LogP contribution in [0.4, 0.5) is 5.69 Å². The number of hydrogen-bond acceptors (Lipinski definition) is 5. The number of thioether (sulfide) groups is 1. The van der Waals surface area contributed by atoms with Gasteiger partial charge in [-0.3, -0.25) is 9.69 Å². The molecule has 5 rings (SSSR count). The lowest BCUT2D eigenvalue weighted by Gasteiger charge is -2.22. The van der Waals surface area contributed by atoms with Crippen molar-refractivity contribution in [2.24, 2.45) is 4.99 Å². The van der Waals surface area contributed by atoms with E-state index in [9.17, 15) is 4.79 Å². The monoisotopic (exact) mass is 470 g/mol. The molecule has 0 spiro atoms. The van der Waals surface area contributed by atoms with E-state index in [1.807, 2.05) is 53.4 Å². The van der Waals surface area contributed by atoms with Crippen LogP contribution in [0.2, 0.25) is 0 Å². The van der Waals surface area contributed by atoms with Gasteiger partial charge in [0.15, 0.2) is 16.7 Å². The Morgan fingerprint density at radius 2 is 1.83 bits per heavy atom. The van der Waals surface area contributed by atoms with Crippen LogP contribution in [0.1, 0.15) is 31.2 Å². The number of ether oxygens (including phenoxy) is 2. The fourth-order valence-electron chi connectivity index (χ4n) is 3.85. The minimum Gasteiger partial charge on any atom is -0.454 e. The molecule has 2 heterocycles. The molecule has 2 fully saturated rings. The van der Waals surface area contributed by atoms with Crippen LogP contribution in [0.3, 0.4) is 0 Å². The molecule has 5 nitrogen and oxygen atoms in total. The van der Waals surface area contributed by atoms with Crippen LogP contribution >= 0.6 is 27.7 Å². The van der Waals surface area contributed by atoms with Crippen LogP contribution in [0.25, 0.3) is 6.08 Å². The third-order valence-electron chi connectivity index (χ3n) is 5.29. The molecule has 2 aromatic carbocycles. The van der Waals surface area contributed by atoms with Gasteiger partial charge in [-0.15, -0.1) is 0 Å². The Hall–Kier alpha value is -2.25. The molecule has 0 atom stereocenters. The number of aliphatic imine (C=N–C) groups is 1. The third-order valence-corrected chi connectivity index (χ3v) is 6.96. The van der Waals surface area contributed by atoms with E-state index in [1.165, 1.54) is 11.8 Å². The Labute approximate surface area is 181 Å². The Kier molecular flexibility index (Phi) is 5.09. The highest BCUT2D eigenvalue weighted by Crippen LogP contribution is 2.42. The Bertz CT molecular complexity index is 1020. The van der Waals surface area contributed by atoms with E-state index in [2.05, 4.69) is 15.9 Å². The van der Waals surface area contributed by atoms with Crippen LogP contribution in [0.15, 0.2) is 56.8 Å². The van der Waals surface area contributed by atoms with Gasteiger partial charge in [0, 0.05) is 10.5 Å². The van der Waals surface area contributed by atoms with Gasteiger partial charge in [-0.2, -0.15) is 0 Å². The molecule has 1 saturated carbocycles. The number of carbonyl (C=O) groups is 1. The average Bonchev–Trinajstić information content (AvgIpc) is 3.45. The summed E-state index contributed by atoms with van der Waals surface area (Å²) in [5.41, 5.74) is 1.74. The highest BCUT2D eigenvalue weighted by atomic mass is 79.9. The number of amidine groups is 1. The molecule has 0 bridgehead atoms. The van der Waals surface area contributed by atoms with Gasteiger partial charge < -0.3 is 9.47 Å². The van der Waals surface area contributed by atoms with E-state index in [-0.39, 0.29) is 18.7 Å². The maximum atomic E-state index is 13.3. The number of para-hydroxylation sites is 1. The van der Waals surface area contributed by atoms with Crippen molar-refractivity contribution in [1.29, 1.82) is 0 Å². The summed E-state index contributed by atoms with van der Waals surface area (Å²) in [6.45, 7) is 0.221. The van der Waals surface area contributed by atoms with Crippen LogP contribution in [-0.2, 0) is 4.79 Å². The van der Waals surface area contributed by atoms with Crippen molar-refractivity contribution in [2.45, 2.75) is 31.7 Å². The van der Waals surface area contributed by atoms with Crippen molar-refractivity contribution in [3.63, 3.8) is 0 Å². The maximum absolute atomic E-state index is 13.3. The topological polar surface area (TPSA) is 51.1 Å². The minimum atomic E-state index is 0.0288. The van der Waals surface area contributed by atoms with Gasteiger partial charge in [-0.1, -0.05) is 47.0 Å². The largest absolute Gasteiger partial charge is 0.454 e. The van der Waals surface area contributed by atoms with E-state index in [0.717, 1.165) is 46.6 Å². The molecule has 29 heavy (non-hydrogen) atoms. The smallest absolute Gasteiger partial charge is 0.267 e. The summed E-state index contributed by atoms with van der Waals surface area (Å²) >= 11 is 5.02. The summed E-state index contributed by atoms with van der Waals surface area (Å²) in [6, 6.07) is 13.8. The molecule has 0 N–H and O–H groups in total. The molecule has 2 aliphatic heterocycles. The second-order valence-electron chi connectivity index (χ2n) is 7.18. The van der Waals surface area contributed by atoms with Crippen LogP contribution in [-0.4, -0.2) is 28.8 Å². The van der Waals surface area contributed by atoms with Gasteiger partial charge in [0.2, 0.25) is 6.79 Å². The van der Waals surface area contributed by atoms with Crippen molar-refractivity contribution in [3.05, 3.63) is 57.4 Å². The van der Waals surface area contributed by atoms with Crippen molar-refractivity contribution >= 4 is 50.5 Å². The van der Waals surface area contributed by atoms with Gasteiger partial charge in [-0.25, -0.2) is 4.99 Å². The highest BCUT2D eigenvalue weighted by molar-refractivity contribution is 9.10. The second-order valence-corrected chi connectivity index (χ2v) is 9.04. The second kappa shape index (κ2) is 7.88. The first kappa shape index (κ1) is 18.8. The molecule has 1 saturated heterocycles. The zero-order valence-corrected chi connectivity index (χ0v) is 18.0. The van der Waals surface area contributed by atoms with Crippen LogP contribution < -0.4 is 9.47 Å². The zero-order valence-electron chi connectivity index (χ0n) is 15.6. The summed E-state index contributed by atoms with van der Waals surface area (Å²) in [5, 5.41) is 0.760. The number of carbonyl (C=O) groups excluding carboxylic acids is 1. The number of rotatable bonds is 3. The van der Waals surface area contributed by atoms with Crippen molar-refractivity contribution < 1.29 is 14.3 Å². The Balaban J connectivity index is 1.52. The molecular weight excluding hydrogens is 452 g/mol. The molecule has 0 unspecified atom stereocenters. The molecule has 7 heteroatoms. The van der Waals surface area contributed by atoms with E-state index < -0.39 is 0 Å². The first-order valence-corrected chi connectivity index (χ1v) is 11.3. The van der Waals surface area contributed by atoms with E-state index >= 15 is 0 Å². The molecular formula is C22H19BrN2O3S. The average molecular weight is 471 g/mol. The zero-order chi connectivity index (χ0) is 19.8. The van der Waals surface area contributed by atoms with Crippen molar-refractivity contribution in [3.8, 4) is 11.5 Å². The van der Waals surface area contributed by atoms with E-state index in [0.29, 0.717) is 16.4 Å². The van der Waals surface area contributed by atoms with E-state index in [4.69, 9.17) is 14.5 Å². The maximum Gasteiger partial charge on any atom is 0.267 e. The minimum absolute atomic E-state index is 0.0288.